The van der Waals surface area contributed by atoms with E-state index in [1.165, 1.54) is 16.9 Å². The first-order valence-electron chi connectivity index (χ1n) is 7.64. The summed E-state index contributed by atoms with van der Waals surface area (Å²) >= 11 is 1.46. The lowest BCUT2D eigenvalue weighted by atomic mass is 10.2. The molecule has 0 spiro atoms. The lowest BCUT2D eigenvalue weighted by molar-refractivity contribution is -0.118. The van der Waals surface area contributed by atoms with Gasteiger partial charge in [0.1, 0.15) is 0 Å². The van der Waals surface area contributed by atoms with E-state index in [2.05, 4.69) is 29.4 Å². The largest absolute Gasteiger partial charge is 0.493 e. The number of fused-ring (bicyclic) bond motifs is 1. The Balaban J connectivity index is 1.64. The van der Waals surface area contributed by atoms with Gasteiger partial charge in [-0.3, -0.25) is 10.1 Å². The van der Waals surface area contributed by atoms with Crippen molar-refractivity contribution in [2.75, 3.05) is 19.0 Å². The summed E-state index contributed by atoms with van der Waals surface area (Å²) in [4.78, 5) is 16.5. The second-order valence-corrected chi connectivity index (χ2v) is 6.19. The number of amides is 1. The Morgan fingerprint density at radius 1 is 1.21 bits per heavy atom. The molecule has 1 N–H and O–H groups in total. The number of para-hydroxylation sites is 2. The molecule has 0 aliphatic heterocycles. The SMILES string of the molecule is CCc1ccc2nc(NC(=O)COc3ccccc3OC)sc2c1. The van der Waals surface area contributed by atoms with Gasteiger partial charge in [-0.15, -0.1) is 0 Å². The maximum Gasteiger partial charge on any atom is 0.264 e. The van der Waals surface area contributed by atoms with Gasteiger partial charge in [0.05, 0.1) is 17.3 Å². The van der Waals surface area contributed by atoms with E-state index in [9.17, 15) is 4.79 Å². The number of benzene rings is 2. The number of aryl methyl sites for hydroxylation is 1. The number of nitrogens with one attached hydrogen (secondary N) is 1. The molecule has 5 nitrogen and oxygen atoms in total. The van der Waals surface area contributed by atoms with E-state index in [1.54, 1.807) is 19.2 Å². The molecule has 0 saturated heterocycles. The number of hydrogen-bond donors (Lipinski definition) is 1. The molecular formula is C18H18N2O3S. The van der Waals surface area contributed by atoms with E-state index < -0.39 is 0 Å². The molecule has 1 heterocycles. The van der Waals surface area contributed by atoms with Gasteiger partial charge in [0.15, 0.2) is 23.2 Å². The topological polar surface area (TPSA) is 60.5 Å². The number of methoxy groups -OCH3 is 1. The van der Waals surface area contributed by atoms with Crippen LogP contribution >= 0.6 is 11.3 Å². The predicted octanol–water partition coefficient (Wildman–Crippen LogP) is 3.88. The lowest BCUT2D eigenvalue weighted by Gasteiger charge is -2.09. The van der Waals surface area contributed by atoms with Crippen molar-refractivity contribution in [1.82, 2.24) is 4.98 Å². The van der Waals surface area contributed by atoms with Gasteiger partial charge in [-0.1, -0.05) is 36.5 Å². The summed E-state index contributed by atoms with van der Waals surface area (Å²) in [5.74, 6) is 0.875. The first-order valence-corrected chi connectivity index (χ1v) is 8.46. The molecule has 0 atom stereocenters. The molecule has 0 fully saturated rings. The maximum absolute atomic E-state index is 12.1. The zero-order valence-corrected chi connectivity index (χ0v) is 14.4. The van der Waals surface area contributed by atoms with Gasteiger partial charge in [0, 0.05) is 0 Å². The number of ether oxygens (including phenoxy) is 2. The summed E-state index contributed by atoms with van der Waals surface area (Å²) in [6.45, 7) is 2.01. The van der Waals surface area contributed by atoms with Crippen LogP contribution in [0, 0.1) is 0 Å². The molecule has 6 heteroatoms. The number of rotatable bonds is 6. The van der Waals surface area contributed by atoms with Crippen molar-refractivity contribution in [3.05, 3.63) is 48.0 Å². The van der Waals surface area contributed by atoms with E-state index >= 15 is 0 Å². The van der Waals surface area contributed by atoms with Crippen LogP contribution in [0.15, 0.2) is 42.5 Å². The molecule has 124 valence electrons. The summed E-state index contributed by atoms with van der Waals surface area (Å²) in [7, 11) is 1.56. The summed E-state index contributed by atoms with van der Waals surface area (Å²) < 4.78 is 11.8. The zero-order chi connectivity index (χ0) is 16.9. The van der Waals surface area contributed by atoms with Crippen molar-refractivity contribution in [2.24, 2.45) is 0 Å². The third-order valence-electron chi connectivity index (χ3n) is 3.54. The number of nitrogens with zero attached hydrogens (tertiary/aromatic N) is 1. The minimum absolute atomic E-state index is 0.101. The standard InChI is InChI=1S/C18H18N2O3S/c1-3-12-8-9-13-16(10-12)24-18(19-13)20-17(21)11-23-15-7-5-4-6-14(15)22-2/h4-10H,3,11H2,1-2H3,(H,19,20,21). The molecule has 0 saturated carbocycles. The van der Waals surface area contributed by atoms with Crippen LogP contribution in [0.3, 0.4) is 0 Å². The van der Waals surface area contributed by atoms with Crippen LogP contribution in [-0.2, 0) is 11.2 Å². The van der Waals surface area contributed by atoms with Crippen LogP contribution in [0.25, 0.3) is 10.2 Å². The molecule has 1 amide bonds. The molecule has 1 aromatic heterocycles. The fraction of sp³-hybridized carbons (Fsp3) is 0.222. The third-order valence-corrected chi connectivity index (χ3v) is 4.47. The number of aromatic nitrogens is 1. The highest BCUT2D eigenvalue weighted by molar-refractivity contribution is 7.22. The Morgan fingerprint density at radius 3 is 2.75 bits per heavy atom. The van der Waals surface area contributed by atoms with E-state index in [0.717, 1.165) is 16.6 Å². The van der Waals surface area contributed by atoms with Crippen LogP contribution in [0.4, 0.5) is 5.13 Å². The first kappa shape index (κ1) is 16.3. The van der Waals surface area contributed by atoms with E-state index in [-0.39, 0.29) is 12.5 Å². The van der Waals surface area contributed by atoms with Crippen molar-refractivity contribution in [2.45, 2.75) is 13.3 Å². The highest BCUT2D eigenvalue weighted by atomic mass is 32.1. The zero-order valence-electron chi connectivity index (χ0n) is 13.5. The summed E-state index contributed by atoms with van der Waals surface area (Å²) in [6, 6.07) is 13.4. The smallest absolute Gasteiger partial charge is 0.264 e. The van der Waals surface area contributed by atoms with Gasteiger partial charge in [-0.2, -0.15) is 0 Å². The van der Waals surface area contributed by atoms with Gasteiger partial charge < -0.3 is 9.47 Å². The Morgan fingerprint density at radius 2 is 2.00 bits per heavy atom. The molecule has 0 bridgehead atoms. The van der Waals surface area contributed by atoms with Gasteiger partial charge in [-0.25, -0.2) is 4.98 Å². The number of hydrogen-bond acceptors (Lipinski definition) is 5. The van der Waals surface area contributed by atoms with E-state index in [4.69, 9.17) is 9.47 Å². The van der Waals surface area contributed by atoms with Crippen LogP contribution in [0.1, 0.15) is 12.5 Å². The van der Waals surface area contributed by atoms with Crippen LogP contribution < -0.4 is 14.8 Å². The van der Waals surface area contributed by atoms with Crippen molar-refractivity contribution < 1.29 is 14.3 Å². The molecule has 0 radical (unpaired) electrons. The molecule has 24 heavy (non-hydrogen) atoms. The molecule has 0 aliphatic carbocycles. The lowest BCUT2D eigenvalue weighted by Crippen LogP contribution is -2.20. The highest BCUT2D eigenvalue weighted by Gasteiger charge is 2.10. The van der Waals surface area contributed by atoms with Gasteiger partial charge in [0.25, 0.3) is 5.91 Å². The second-order valence-electron chi connectivity index (χ2n) is 5.16. The quantitative estimate of drug-likeness (QED) is 0.738. The van der Waals surface area contributed by atoms with Crippen molar-refractivity contribution in [1.29, 1.82) is 0 Å². The summed E-state index contributed by atoms with van der Waals surface area (Å²) in [5, 5.41) is 3.36. The molecule has 3 aromatic rings. The third kappa shape index (κ3) is 3.65. The molecule has 0 aliphatic rings. The summed E-state index contributed by atoms with van der Waals surface area (Å²) in [6.07, 6.45) is 0.974. The van der Waals surface area contributed by atoms with Crippen LogP contribution in [0.2, 0.25) is 0 Å². The van der Waals surface area contributed by atoms with Crippen molar-refractivity contribution >= 4 is 32.6 Å². The van der Waals surface area contributed by atoms with E-state index in [1.807, 2.05) is 18.2 Å². The molecule has 2 aromatic carbocycles. The van der Waals surface area contributed by atoms with Crippen LogP contribution in [0.5, 0.6) is 11.5 Å². The Labute approximate surface area is 144 Å². The van der Waals surface area contributed by atoms with Gasteiger partial charge in [0.2, 0.25) is 0 Å². The minimum Gasteiger partial charge on any atom is -0.493 e. The Hall–Kier alpha value is -2.60. The van der Waals surface area contributed by atoms with Crippen LogP contribution in [-0.4, -0.2) is 24.6 Å². The van der Waals surface area contributed by atoms with Gasteiger partial charge >= 0.3 is 0 Å². The number of thiazole rings is 1. The molecule has 3 rings (SSSR count). The maximum atomic E-state index is 12.1. The Kier molecular flexibility index (Phi) is 4.96. The first-order chi connectivity index (χ1) is 11.7. The Bertz CT molecular complexity index is 860. The number of anilines is 1. The molecule has 0 unspecified atom stereocenters. The fourth-order valence-corrected chi connectivity index (χ4v) is 3.22. The number of carbonyl (C=O) groups excluding carboxylic acids is 1. The van der Waals surface area contributed by atoms with Crippen molar-refractivity contribution in [3.8, 4) is 11.5 Å². The highest BCUT2D eigenvalue weighted by Crippen LogP contribution is 2.28. The van der Waals surface area contributed by atoms with E-state index in [0.29, 0.717) is 16.6 Å². The average Bonchev–Trinajstić information content (AvgIpc) is 3.01. The van der Waals surface area contributed by atoms with Gasteiger partial charge in [-0.05, 0) is 36.2 Å². The monoisotopic (exact) mass is 342 g/mol. The number of carbonyl (C=O) groups is 1. The normalized spacial score (nSPS) is 10.6. The predicted molar refractivity (Wildman–Crippen MR) is 96.1 cm³/mol. The molecular weight excluding hydrogens is 324 g/mol. The van der Waals surface area contributed by atoms with Crippen molar-refractivity contribution in [3.63, 3.8) is 0 Å². The summed E-state index contributed by atoms with van der Waals surface area (Å²) in [5.41, 5.74) is 2.14. The minimum atomic E-state index is -0.254. The second kappa shape index (κ2) is 7.31. The fourth-order valence-electron chi connectivity index (χ4n) is 2.28. The average molecular weight is 342 g/mol.